The van der Waals surface area contributed by atoms with Gasteiger partial charge in [-0.15, -0.1) is 11.3 Å². The summed E-state index contributed by atoms with van der Waals surface area (Å²) in [6.45, 7) is 0. The number of carbonyl (C=O) groups excluding carboxylic acids is 2. The highest BCUT2D eigenvalue weighted by Gasteiger charge is 2.30. The Balaban J connectivity index is 1.31. The quantitative estimate of drug-likeness (QED) is 0.671. The van der Waals surface area contributed by atoms with Crippen molar-refractivity contribution in [3.05, 3.63) is 51.2 Å². The molecular weight excluding hydrogens is 356 g/mol. The first-order valence-corrected chi connectivity index (χ1v) is 10.7. The summed E-state index contributed by atoms with van der Waals surface area (Å²) in [4.78, 5) is 27.2. The fourth-order valence-electron chi connectivity index (χ4n) is 4.01. The molecule has 0 radical (unpaired) electrons. The van der Waals surface area contributed by atoms with Crippen molar-refractivity contribution in [2.24, 2.45) is 11.8 Å². The molecule has 4 rings (SSSR count). The number of hydrogen-bond donors (Lipinski definition) is 0. The van der Waals surface area contributed by atoms with E-state index in [0.29, 0.717) is 42.7 Å². The Bertz CT molecular complexity index is 830. The van der Waals surface area contributed by atoms with Gasteiger partial charge in [0.1, 0.15) is 17.3 Å². The predicted octanol–water partition coefficient (Wildman–Crippen LogP) is 4.59. The Labute approximate surface area is 164 Å². The third-order valence-electron chi connectivity index (χ3n) is 5.69. The first kappa shape index (κ1) is 18.4. The molecule has 4 heteroatoms. The lowest BCUT2D eigenvalue weighted by Crippen LogP contribution is -2.17. The average molecular weight is 383 g/mol. The largest absolute Gasteiger partial charge is 0.497 e. The van der Waals surface area contributed by atoms with Gasteiger partial charge in [-0.3, -0.25) is 9.59 Å². The zero-order valence-electron chi connectivity index (χ0n) is 15.8. The zero-order valence-corrected chi connectivity index (χ0v) is 16.6. The fourth-order valence-corrected chi connectivity index (χ4v) is 5.23. The number of hydrogen-bond acceptors (Lipinski definition) is 4. The summed E-state index contributed by atoms with van der Waals surface area (Å²) < 4.78 is 5.17. The van der Waals surface area contributed by atoms with Crippen LogP contribution in [0.5, 0.6) is 5.75 Å². The van der Waals surface area contributed by atoms with Gasteiger partial charge >= 0.3 is 0 Å². The highest BCUT2D eigenvalue weighted by Crippen LogP contribution is 2.36. The van der Waals surface area contributed by atoms with Crippen molar-refractivity contribution in [1.29, 1.82) is 0 Å². The van der Waals surface area contributed by atoms with Gasteiger partial charge in [0, 0.05) is 34.9 Å². The van der Waals surface area contributed by atoms with E-state index in [2.05, 4.69) is 6.07 Å². The van der Waals surface area contributed by atoms with Crippen LogP contribution in [-0.2, 0) is 35.3 Å². The summed E-state index contributed by atoms with van der Waals surface area (Å²) in [5, 5.41) is 0. The van der Waals surface area contributed by atoms with E-state index in [-0.39, 0.29) is 0 Å². The van der Waals surface area contributed by atoms with E-state index in [0.717, 1.165) is 43.4 Å². The van der Waals surface area contributed by atoms with Crippen LogP contribution in [0, 0.1) is 11.8 Å². The Morgan fingerprint density at radius 2 is 1.89 bits per heavy atom. The number of Topliss-reactive ketones (excluding diaryl/α,β-unsaturated/α-hetero) is 2. The van der Waals surface area contributed by atoms with E-state index in [9.17, 15) is 9.59 Å². The fraction of sp³-hybridized carbons (Fsp3) is 0.478. The highest BCUT2D eigenvalue weighted by molar-refractivity contribution is 7.12. The summed E-state index contributed by atoms with van der Waals surface area (Å²) in [7, 11) is 1.65. The molecule has 1 atom stereocenters. The second kappa shape index (κ2) is 7.97. The minimum atomic E-state index is 0.313. The molecule has 1 heterocycles. The number of methoxy groups -OCH3 is 1. The van der Waals surface area contributed by atoms with Crippen molar-refractivity contribution in [2.75, 3.05) is 7.11 Å². The molecule has 0 bridgehead atoms. The molecule has 1 aromatic carbocycles. The number of carbonyl (C=O) groups is 2. The smallest absolute Gasteiger partial charge is 0.141 e. The van der Waals surface area contributed by atoms with Gasteiger partial charge < -0.3 is 4.74 Å². The predicted molar refractivity (Wildman–Crippen MR) is 108 cm³/mol. The normalized spacial score (nSPS) is 18.8. The first-order valence-electron chi connectivity index (χ1n) is 9.88. The van der Waals surface area contributed by atoms with Crippen molar-refractivity contribution in [3.8, 4) is 5.75 Å². The van der Waals surface area contributed by atoms with Gasteiger partial charge in [-0.05, 0) is 67.3 Å². The maximum Gasteiger partial charge on any atom is 0.141 e. The van der Waals surface area contributed by atoms with Crippen molar-refractivity contribution < 1.29 is 14.3 Å². The summed E-state index contributed by atoms with van der Waals surface area (Å²) in [6, 6.07) is 9.99. The van der Waals surface area contributed by atoms with Crippen LogP contribution in [0.3, 0.4) is 0 Å². The van der Waals surface area contributed by atoms with Gasteiger partial charge in [0.15, 0.2) is 0 Å². The lowest BCUT2D eigenvalue weighted by molar-refractivity contribution is -0.120. The molecule has 0 N–H and O–H groups in total. The molecule has 0 amide bonds. The molecule has 2 aromatic rings. The Hall–Kier alpha value is -1.94. The number of rotatable bonds is 8. The lowest BCUT2D eigenvalue weighted by Gasteiger charge is -2.21. The van der Waals surface area contributed by atoms with Crippen molar-refractivity contribution in [1.82, 2.24) is 0 Å². The Morgan fingerprint density at radius 3 is 2.59 bits per heavy atom. The second-order valence-corrected chi connectivity index (χ2v) is 9.18. The molecule has 1 unspecified atom stereocenters. The average Bonchev–Trinajstić information content (AvgIpc) is 3.43. The monoisotopic (exact) mass is 382 g/mol. The summed E-state index contributed by atoms with van der Waals surface area (Å²) in [6.07, 6.45) is 7.05. The zero-order chi connectivity index (χ0) is 18.8. The molecule has 3 nitrogen and oxygen atoms in total. The molecule has 142 valence electrons. The Morgan fingerprint density at radius 1 is 1.11 bits per heavy atom. The van der Waals surface area contributed by atoms with Crippen molar-refractivity contribution in [2.45, 2.75) is 51.4 Å². The van der Waals surface area contributed by atoms with E-state index in [1.54, 1.807) is 7.11 Å². The molecule has 2 aliphatic carbocycles. The Kier molecular flexibility index (Phi) is 5.44. The highest BCUT2D eigenvalue weighted by atomic mass is 32.1. The van der Waals surface area contributed by atoms with E-state index in [1.165, 1.54) is 15.3 Å². The van der Waals surface area contributed by atoms with Crippen LogP contribution in [-0.4, -0.2) is 18.7 Å². The minimum absolute atomic E-state index is 0.313. The van der Waals surface area contributed by atoms with Crippen LogP contribution in [0.4, 0.5) is 0 Å². The standard InChI is InChI=1S/C23H26O3S/c1-26-20-7-2-15(3-8-20)11-19(24)12-16-4-9-23-18(10-16)13-21(27-23)14-22(25)17-5-6-17/h2-3,7-8,13,16-17H,4-6,9-12,14H2,1H3. The number of thiophene rings is 1. The third kappa shape index (κ3) is 4.67. The van der Waals surface area contributed by atoms with Gasteiger partial charge in [0.05, 0.1) is 7.11 Å². The second-order valence-electron chi connectivity index (χ2n) is 7.95. The van der Waals surface area contributed by atoms with E-state index < -0.39 is 0 Å². The van der Waals surface area contributed by atoms with Crippen LogP contribution in [0.15, 0.2) is 30.3 Å². The SMILES string of the molecule is COc1ccc(CC(=O)CC2CCc3sc(CC(=O)C4CC4)cc3C2)cc1. The van der Waals surface area contributed by atoms with Crippen LogP contribution < -0.4 is 4.74 Å². The lowest BCUT2D eigenvalue weighted by atomic mass is 9.84. The van der Waals surface area contributed by atoms with Crippen LogP contribution in [0.2, 0.25) is 0 Å². The maximum atomic E-state index is 12.5. The molecule has 27 heavy (non-hydrogen) atoms. The minimum Gasteiger partial charge on any atom is -0.497 e. The molecule has 1 aromatic heterocycles. The number of ether oxygens (including phenoxy) is 1. The van der Waals surface area contributed by atoms with Gasteiger partial charge in [-0.1, -0.05) is 12.1 Å². The number of aryl methyl sites for hydroxylation is 1. The molecule has 1 fully saturated rings. The summed E-state index contributed by atoms with van der Waals surface area (Å²) in [5.41, 5.74) is 2.43. The number of fused-ring (bicyclic) bond motifs is 1. The van der Waals surface area contributed by atoms with E-state index >= 15 is 0 Å². The molecular formula is C23H26O3S. The molecule has 0 saturated heterocycles. The molecule has 1 saturated carbocycles. The van der Waals surface area contributed by atoms with Gasteiger partial charge in [0.2, 0.25) is 0 Å². The van der Waals surface area contributed by atoms with Crippen LogP contribution in [0.25, 0.3) is 0 Å². The van der Waals surface area contributed by atoms with E-state index in [1.807, 2.05) is 35.6 Å². The molecule has 2 aliphatic rings. The maximum absolute atomic E-state index is 12.5. The van der Waals surface area contributed by atoms with Crippen LogP contribution >= 0.6 is 11.3 Å². The van der Waals surface area contributed by atoms with Gasteiger partial charge in [-0.2, -0.15) is 0 Å². The van der Waals surface area contributed by atoms with E-state index in [4.69, 9.17) is 4.74 Å². The summed E-state index contributed by atoms with van der Waals surface area (Å²) in [5.74, 6) is 2.32. The molecule has 0 spiro atoms. The van der Waals surface area contributed by atoms with Gasteiger partial charge in [0.25, 0.3) is 0 Å². The van der Waals surface area contributed by atoms with Crippen molar-refractivity contribution >= 4 is 22.9 Å². The summed E-state index contributed by atoms with van der Waals surface area (Å²) >= 11 is 1.82. The van der Waals surface area contributed by atoms with Crippen molar-refractivity contribution in [3.63, 3.8) is 0 Å². The third-order valence-corrected chi connectivity index (χ3v) is 6.93. The number of ketones is 2. The topological polar surface area (TPSA) is 43.4 Å². The first-order chi connectivity index (χ1) is 13.1. The number of benzene rings is 1. The van der Waals surface area contributed by atoms with Gasteiger partial charge in [-0.25, -0.2) is 0 Å². The molecule has 0 aliphatic heterocycles. The van der Waals surface area contributed by atoms with Crippen LogP contribution in [0.1, 0.15) is 46.6 Å².